The van der Waals surface area contributed by atoms with Crippen molar-refractivity contribution in [2.24, 2.45) is 5.73 Å². The predicted octanol–water partition coefficient (Wildman–Crippen LogP) is 0.204. The fraction of sp³-hybridized carbons (Fsp3) is 0.200. The molecule has 0 saturated heterocycles. The number of anilines is 1. The van der Waals surface area contributed by atoms with Crippen LogP contribution in [-0.2, 0) is 0 Å². The largest absolute Gasteiger partial charge is 1.00 e. The van der Waals surface area contributed by atoms with E-state index in [9.17, 15) is 4.79 Å². The Balaban J connectivity index is -0.000000125. The van der Waals surface area contributed by atoms with Gasteiger partial charge < -0.3 is 12.5 Å². The molecule has 0 aliphatic carbocycles. The van der Waals surface area contributed by atoms with Crippen LogP contribution in [0.5, 0.6) is 0 Å². The number of nitrogens with one attached hydrogen (secondary N) is 1. The van der Waals surface area contributed by atoms with Gasteiger partial charge in [-0.05, 0) is 19.1 Å². The average molecular weight is 284 g/mol. The quantitative estimate of drug-likeness (QED) is 0.439. The summed E-state index contributed by atoms with van der Waals surface area (Å²) in [5, 5.41) is 1.58. The van der Waals surface area contributed by atoms with Crippen molar-refractivity contribution in [2.75, 3.05) is 5.32 Å². The molecule has 0 saturated carbocycles. The van der Waals surface area contributed by atoms with Crippen LogP contribution in [-0.4, -0.2) is 10.5 Å². The maximum Gasteiger partial charge on any atom is 1.00 e. The molecule has 0 aliphatic rings. The van der Waals surface area contributed by atoms with Crippen molar-refractivity contribution in [3.63, 3.8) is 0 Å². The van der Waals surface area contributed by atoms with Crippen molar-refractivity contribution in [3.05, 3.63) is 29.8 Å². The number of rotatable bonds is 1. The third kappa shape index (κ3) is 15.9. The van der Waals surface area contributed by atoms with E-state index in [-0.39, 0.29) is 43.6 Å². The Bertz CT molecular complexity index is 346. The second-order valence-electron chi connectivity index (χ2n) is 2.63. The summed E-state index contributed by atoms with van der Waals surface area (Å²) in [4.78, 5) is 19.5. The summed E-state index contributed by atoms with van der Waals surface area (Å²) in [6, 6.07) is 7.53. The zero-order chi connectivity index (χ0) is 11.8. The number of amides is 2. The van der Waals surface area contributed by atoms with Gasteiger partial charge in [0.2, 0.25) is 0 Å². The molecule has 4 nitrogen and oxygen atoms in total. The van der Waals surface area contributed by atoms with E-state index in [1.807, 2.05) is 31.2 Å². The summed E-state index contributed by atoms with van der Waals surface area (Å²) in [6.07, 6.45) is 0. The molecule has 1 aromatic carbocycles. The van der Waals surface area contributed by atoms with Crippen LogP contribution in [0.3, 0.4) is 0 Å². The van der Waals surface area contributed by atoms with Gasteiger partial charge >= 0.3 is 29.6 Å². The van der Waals surface area contributed by atoms with Gasteiger partial charge in [-0.15, -0.1) is 0 Å². The third-order valence-corrected chi connectivity index (χ3v) is 1.41. The number of primary amides is 1. The molecule has 3 N–H and O–H groups in total. The molecule has 0 heterocycles. The van der Waals surface area contributed by atoms with Crippen molar-refractivity contribution in [1.29, 1.82) is 0 Å². The Morgan fingerprint density at radius 1 is 1.24 bits per heavy atom. The molecule has 0 fully saturated rings. The Hall–Kier alpha value is -0.140. The molecule has 0 radical (unpaired) electrons. The zero-order valence-electron chi connectivity index (χ0n) is 10.1. The first kappa shape index (κ1) is 22.1. The zero-order valence-corrected chi connectivity index (χ0v) is 12.9. The Labute approximate surface area is 136 Å². The van der Waals surface area contributed by atoms with Crippen molar-refractivity contribution in [2.45, 2.75) is 14.4 Å². The molecule has 1 aromatic rings. The average Bonchev–Trinajstić information content (AvgIpc) is 2.07. The number of benzene rings is 1. The van der Waals surface area contributed by atoms with Crippen LogP contribution in [0.25, 0.3) is 0 Å². The molecular formula is C10H17N2NaO2S2. The minimum absolute atomic E-state index is 0. The van der Waals surface area contributed by atoms with Gasteiger partial charge in [0.05, 0.1) is 0 Å². The third-order valence-electron chi connectivity index (χ3n) is 1.30. The smallest absolute Gasteiger partial charge is 1.00 e. The molecular weight excluding hydrogens is 267 g/mol. The van der Waals surface area contributed by atoms with Crippen LogP contribution in [0.1, 0.15) is 14.4 Å². The van der Waals surface area contributed by atoms with Gasteiger partial charge in [0, 0.05) is 5.69 Å². The van der Waals surface area contributed by atoms with Crippen LogP contribution >= 0.6 is 25.3 Å². The van der Waals surface area contributed by atoms with Crippen molar-refractivity contribution < 1.29 is 40.6 Å². The first-order valence-corrected chi connectivity index (χ1v) is 4.86. The van der Waals surface area contributed by atoms with E-state index >= 15 is 0 Å². The molecule has 0 bridgehead atoms. The topological polar surface area (TPSA) is 72.2 Å². The van der Waals surface area contributed by atoms with Gasteiger partial charge in [0.15, 0.2) is 0 Å². The van der Waals surface area contributed by atoms with Crippen LogP contribution in [0.15, 0.2) is 24.3 Å². The Morgan fingerprint density at radius 2 is 1.59 bits per heavy atom. The summed E-state index contributed by atoms with van der Waals surface area (Å²) in [5.74, 6) is 0. The second-order valence-corrected chi connectivity index (χ2v) is 3.48. The summed E-state index contributed by atoms with van der Waals surface area (Å²) in [5.41, 5.74) is 6.28. The van der Waals surface area contributed by atoms with Gasteiger partial charge in [0.1, 0.15) is 0 Å². The molecule has 1 rings (SSSR count). The number of hydrogen-bond acceptors (Lipinski definition) is 2. The first-order chi connectivity index (χ1) is 6.91. The number of thiol groups is 2. The van der Waals surface area contributed by atoms with E-state index in [0.29, 0.717) is 0 Å². The molecule has 0 aromatic heterocycles. The summed E-state index contributed by atoms with van der Waals surface area (Å²) in [7, 11) is 0. The Kier molecular flexibility index (Phi) is 16.0. The van der Waals surface area contributed by atoms with E-state index in [1.54, 1.807) is 0 Å². The standard InChI is InChI=1S/C8H9NOS.CH3NOS.CH4.Na.H/c1-6-2-4-7(5-3-6)9-8(10)11;2-1(3)4;;;/h2-5H,1H3,(H2,9,10,11);(H3,2,3,4);1H4;;/q;;;+1;-1. The SMILES string of the molecule is C.Cc1ccc(NC(=O)S)cc1.NC(=O)S.[H-].[Na+]. The molecule has 0 aliphatic heterocycles. The Morgan fingerprint density at radius 3 is 1.88 bits per heavy atom. The van der Waals surface area contributed by atoms with Gasteiger partial charge in [0.25, 0.3) is 10.5 Å². The van der Waals surface area contributed by atoms with Gasteiger partial charge in [-0.2, -0.15) is 0 Å². The molecule has 7 heteroatoms. The number of carbonyl (C=O) groups is 2. The molecule has 92 valence electrons. The van der Waals surface area contributed by atoms with Crippen LogP contribution in [0.2, 0.25) is 0 Å². The van der Waals surface area contributed by atoms with Gasteiger partial charge in [-0.25, -0.2) is 0 Å². The molecule has 2 amide bonds. The van der Waals surface area contributed by atoms with E-state index in [2.05, 4.69) is 36.3 Å². The van der Waals surface area contributed by atoms with Crippen molar-refractivity contribution in [3.8, 4) is 0 Å². The molecule has 17 heavy (non-hydrogen) atoms. The maximum atomic E-state index is 10.5. The van der Waals surface area contributed by atoms with Crippen molar-refractivity contribution in [1.82, 2.24) is 0 Å². The minimum Gasteiger partial charge on any atom is -1.00 e. The minimum atomic E-state index is -0.639. The van der Waals surface area contributed by atoms with Crippen molar-refractivity contribution >= 4 is 41.4 Å². The van der Waals surface area contributed by atoms with Crippen LogP contribution in [0, 0.1) is 6.92 Å². The number of aryl methyl sites for hydroxylation is 1. The number of hydrogen-bond donors (Lipinski definition) is 4. The molecule has 0 unspecified atom stereocenters. The fourth-order valence-corrected chi connectivity index (χ4v) is 0.889. The molecule has 0 spiro atoms. The van der Waals surface area contributed by atoms with Crippen LogP contribution in [0.4, 0.5) is 15.3 Å². The summed E-state index contributed by atoms with van der Waals surface area (Å²) in [6.45, 7) is 1.99. The van der Waals surface area contributed by atoms with Gasteiger partial charge in [-0.3, -0.25) is 9.59 Å². The van der Waals surface area contributed by atoms with Crippen LogP contribution < -0.4 is 40.6 Å². The normalized spacial score (nSPS) is 7.47. The van der Waals surface area contributed by atoms with E-state index < -0.39 is 5.24 Å². The van der Waals surface area contributed by atoms with E-state index in [4.69, 9.17) is 4.79 Å². The molecule has 0 atom stereocenters. The summed E-state index contributed by atoms with van der Waals surface area (Å²) < 4.78 is 0. The first-order valence-electron chi connectivity index (χ1n) is 3.97. The number of carbonyl (C=O) groups excluding carboxylic acids is 2. The van der Waals surface area contributed by atoms with E-state index in [0.717, 1.165) is 5.69 Å². The second kappa shape index (κ2) is 12.3. The maximum absolute atomic E-state index is 10.5. The monoisotopic (exact) mass is 284 g/mol. The summed E-state index contributed by atoms with van der Waals surface area (Å²) >= 11 is 6.69. The number of nitrogens with two attached hydrogens (primary N) is 1. The fourth-order valence-electron chi connectivity index (χ4n) is 0.760. The van der Waals surface area contributed by atoms with E-state index in [1.165, 1.54) is 5.56 Å². The predicted molar refractivity (Wildman–Crippen MR) is 75.6 cm³/mol. The van der Waals surface area contributed by atoms with Gasteiger partial charge in [-0.1, -0.05) is 50.4 Å².